The molecule has 0 saturated heterocycles. The van der Waals surface area contributed by atoms with Crippen molar-refractivity contribution in [1.82, 2.24) is 10.3 Å². The van der Waals surface area contributed by atoms with Gasteiger partial charge in [-0.15, -0.1) is 0 Å². The van der Waals surface area contributed by atoms with Crippen molar-refractivity contribution < 1.29 is 4.79 Å². The van der Waals surface area contributed by atoms with Crippen LogP contribution in [0.1, 0.15) is 29.8 Å². The van der Waals surface area contributed by atoms with Gasteiger partial charge in [0.05, 0.1) is 12.0 Å². The second-order valence-corrected chi connectivity index (χ2v) is 4.48. The molecule has 0 radical (unpaired) electrons. The van der Waals surface area contributed by atoms with Crippen LogP contribution in [0.4, 0.5) is 0 Å². The molecule has 1 aliphatic carbocycles. The molecule has 2 rings (SSSR count). The molecule has 1 amide bonds. The van der Waals surface area contributed by atoms with Gasteiger partial charge in [0.1, 0.15) is 10.8 Å². The molecule has 2 atom stereocenters. The van der Waals surface area contributed by atoms with Gasteiger partial charge in [-0.3, -0.25) is 4.79 Å². The minimum Gasteiger partial charge on any atom is -0.347 e. The quantitative estimate of drug-likeness (QED) is 0.817. The Morgan fingerprint density at radius 1 is 1.53 bits per heavy atom. The van der Waals surface area contributed by atoms with Crippen LogP contribution < -0.4 is 5.32 Å². The number of halogens is 1. The van der Waals surface area contributed by atoms with Gasteiger partial charge in [-0.2, -0.15) is 5.26 Å². The minimum atomic E-state index is -0.264. The average Bonchev–Trinajstić information content (AvgIpc) is 2.76. The second-order valence-electron chi connectivity index (χ2n) is 4.09. The number of carbonyl (C=O) groups excluding carboxylic acids is 1. The lowest BCUT2D eigenvalue weighted by Crippen LogP contribution is -2.37. The van der Waals surface area contributed by atoms with Crippen molar-refractivity contribution in [2.24, 2.45) is 5.92 Å². The lowest BCUT2D eigenvalue weighted by molar-refractivity contribution is 0.0928. The van der Waals surface area contributed by atoms with E-state index in [2.05, 4.69) is 16.4 Å². The fraction of sp³-hybridized carbons (Fsp3) is 0.417. The Morgan fingerprint density at radius 2 is 2.35 bits per heavy atom. The fourth-order valence-corrected chi connectivity index (χ4v) is 2.23. The van der Waals surface area contributed by atoms with Crippen LogP contribution in [-0.2, 0) is 0 Å². The first-order valence-electron chi connectivity index (χ1n) is 5.54. The van der Waals surface area contributed by atoms with Gasteiger partial charge in [-0.25, -0.2) is 4.98 Å². The van der Waals surface area contributed by atoms with Crippen LogP contribution in [0.25, 0.3) is 0 Å². The smallest absolute Gasteiger partial charge is 0.270 e. The normalized spacial score (nSPS) is 23.1. The highest BCUT2D eigenvalue weighted by Gasteiger charge is 2.28. The molecule has 1 fully saturated rings. The van der Waals surface area contributed by atoms with Crippen LogP contribution in [0.5, 0.6) is 0 Å². The number of aromatic nitrogens is 1. The molecule has 17 heavy (non-hydrogen) atoms. The van der Waals surface area contributed by atoms with Crippen LogP contribution in [0.15, 0.2) is 18.2 Å². The van der Waals surface area contributed by atoms with Crippen molar-refractivity contribution in [2.45, 2.75) is 25.3 Å². The Bertz CT molecular complexity index is 469. The number of rotatable bonds is 2. The van der Waals surface area contributed by atoms with Crippen molar-refractivity contribution in [3.05, 3.63) is 29.0 Å². The molecule has 1 aromatic heterocycles. The summed E-state index contributed by atoms with van der Waals surface area (Å²) in [5.74, 6) is -0.349. The van der Waals surface area contributed by atoms with Gasteiger partial charge in [0.15, 0.2) is 0 Å². The second kappa shape index (κ2) is 5.15. The maximum absolute atomic E-state index is 11.9. The minimum absolute atomic E-state index is 0.0618. The number of nitrogens with one attached hydrogen (secondary N) is 1. The molecule has 5 heteroatoms. The highest BCUT2D eigenvalue weighted by molar-refractivity contribution is 6.29. The van der Waals surface area contributed by atoms with E-state index in [0.29, 0.717) is 10.8 Å². The molecule has 1 aliphatic rings. The lowest BCUT2D eigenvalue weighted by Gasteiger charge is -2.15. The summed E-state index contributed by atoms with van der Waals surface area (Å²) >= 11 is 5.72. The Balaban J connectivity index is 2.05. The van der Waals surface area contributed by atoms with Gasteiger partial charge in [-0.1, -0.05) is 17.7 Å². The summed E-state index contributed by atoms with van der Waals surface area (Å²) in [6, 6.07) is 7.07. The van der Waals surface area contributed by atoms with Crippen LogP contribution in [-0.4, -0.2) is 16.9 Å². The van der Waals surface area contributed by atoms with Gasteiger partial charge in [-0.05, 0) is 31.4 Å². The van der Waals surface area contributed by atoms with E-state index in [1.165, 1.54) is 0 Å². The van der Waals surface area contributed by atoms with E-state index < -0.39 is 0 Å². The van der Waals surface area contributed by atoms with E-state index in [-0.39, 0.29) is 17.9 Å². The summed E-state index contributed by atoms with van der Waals surface area (Å²) in [5, 5.41) is 12.1. The van der Waals surface area contributed by atoms with E-state index >= 15 is 0 Å². The topological polar surface area (TPSA) is 65.8 Å². The molecular weight excluding hydrogens is 238 g/mol. The van der Waals surface area contributed by atoms with Crippen molar-refractivity contribution in [3.8, 4) is 6.07 Å². The van der Waals surface area contributed by atoms with Crippen molar-refractivity contribution in [2.75, 3.05) is 0 Å². The third-order valence-electron chi connectivity index (χ3n) is 2.95. The highest BCUT2D eigenvalue weighted by Crippen LogP contribution is 2.25. The van der Waals surface area contributed by atoms with Gasteiger partial charge in [0, 0.05) is 6.04 Å². The van der Waals surface area contributed by atoms with Crippen LogP contribution >= 0.6 is 11.6 Å². The predicted octanol–water partition coefficient (Wildman–Crippen LogP) is 2.16. The van der Waals surface area contributed by atoms with Crippen molar-refractivity contribution in [3.63, 3.8) is 0 Å². The first-order chi connectivity index (χ1) is 8.20. The number of nitriles is 1. The zero-order chi connectivity index (χ0) is 12.3. The summed E-state index contributed by atoms with van der Waals surface area (Å²) in [7, 11) is 0. The Morgan fingerprint density at radius 3 is 3.06 bits per heavy atom. The maximum Gasteiger partial charge on any atom is 0.270 e. The molecule has 4 nitrogen and oxygen atoms in total. The zero-order valence-electron chi connectivity index (χ0n) is 9.19. The molecule has 1 aromatic rings. The standard InChI is InChI=1S/C12H12ClN3O/c13-11-6-2-5-10(15-11)12(17)16-9-4-1-3-8(9)7-14/h2,5-6,8-9H,1,3-4H2,(H,16,17). The molecule has 0 spiro atoms. The van der Waals surface area contributed by atoms with Crippen LogP contribution in [0.2, 0.25) is 5.15 Å². The van der Waals surface area contributed by atoms with Crippen LogP contribution in [0, 0.1) is 17.2 Å². The summed E-state index contributed by atoms with van der Waals surface area (Å²) in [5.41, 5.74) is 0.293. The van der Waals surface area contributed by atoms with Gasteiger partial charge in [0.25, 0.3) is 5.91 Å². The zero-order valence-corrected chi connectivity index (χ0v) is 9.94. The van der Waals surface area contributed by atoms with Gasteiger partial charge in [0.2, 0.25) is 0 Å². The fourth-order valence-electron chi connectivity index (χ4n) is 2.06. The lowest BCUT2D eigenvalue weighted by atomic mass is 10.1. The van der Waals surface area contributed by atoms with E-state index in [1.54, 1.807) is 18.2 Å². The molecular formula is C12H12ClN3O. The number of hydrogen-bond acceptors (Lipinski definition) is 3. The van der Waals surface area contributed by atoms with E-state index in [9.17, 15) is 4.79 Å². The van der Waals surface area contributed by atoms with E-state index in [0.717, 1.165) is 19.3 Å². The summed E-state index contributed by atoms with van der Waals surface area (Å²) in [6.45, 7) is 0. The van der Waals surface area contributed by atoms with E-state index in [1.807, 2.05) is 0 Å². The van der Waals surface area contributed by atoms with Gasteiger partial charge < -0.3 is 5.32 Å². The molecule has 1 N–H and O–H groups in total. The Kier molecular flexibility index (Phi) is 3.60. The molecule has 1 saturated carbocycles. The number of nitrogens with zero attached hydrogens (tertiary/aromatic N) is 2. The molecule has 0 bridgehead atoms. The predicted molar refractivity (Wildman–Crippen MR) is 63.5 cm³/mol. The van der Waals surface area contributed by atoms with Crippen molar-refractivity contribution >= 4 is 17.5 Å². The Labute approximate surface area is 105 Å². The molecule has 88 valence electrons. The SMILES string of the molecule is N#CC1CCCC1NC(=O)c1cccc(Cl)n1. The monoisotopic (exact) mass is 249 g/mol. The number of carbonyl (C=O) groups is 1. The molecule has 2 unspecified atom stereocenters. The molecule has 1 heterocycles. The molecule has 0 aromatic carbocycles. The van der Waals surface area contributed by atoms with Gasteiger partial charge >= 0.3 is 0 Å². The first kappa shape index (κ1) is 11.9. The highest BCUT2D eigenvalue weighted by atomic mass is 35.5. The average molecular weight is 250 g/mol. The van der Waals surface area contributed by atoms with Crippen molar-refractivity contribution in [1.29, 1.82) is 5.26 Å². The number of hydrogen-bond donors (Lipinski definition) is 1. The molecule has 0 aliphatic heterocycles. The summed E-state index contributed by atoms with van der Waals surface area (Å²) < 4.78 is 0. The first-order valence-corrected chi connectivity index (χ1v) is 5.91. The Hall–Kier alpha value is -1.60. The third-order valence-corrected chi connectivity index (χ3v) is 3.16. The third kappa shape index (κ3) is 2.75. The number of pyridine rings is 1. The summed E-state index contributed by atoms with van der Waals surface area (Å²) in [4.78, 5) is 15.8. The largest absolute Gasteiger partial charge is 0.347 e. The van der Waals surface area contributed by atoms with E-state index in [4.69, 9.17) is 16.9 Å². The van der Waals surface area contributed by atoms with Crippen LogP contribution in [0.3, 0.4) is 0 Å². The maximum atomic E-state index is 11.9. The number of amides is 1. The summed E-state index contributed by atoms with van der Waals surface area (Å²) in [6.07, 6.45) is 2.68.